The summed E-state index contributed by atoms with van der Waals surface area (Å²) in [4.78, 5) is 7.27. The summed E-state index contributed by atoms with van der Waals surface area (Å²) in [6.45, 7) is 0. The summed E-state index contributed by atoms with van der Waals surface area (Å²) in [6, 6.07) is 77.4. The Kier molecular flexibility index (Phi) is 8.07. The second-order valence-corrected chi connectivity index (χ2v) is 16.7. The molecule has 10 aromatic carbocycles. The molecule has 3 heteroatoms. The maximum atomic E-state index is 4.93. The Morgan fingerprint density at radius 3 is 1.28 bits per heavy atom. The van der Waals surface area contributed by atoms with Crippen molar-refractivity contribution in [1.82, 2.24) is 4.98 Å². The zero-order chi connectivity index (χ0) is 39.6. The van der Waals surface area contributed by atoms with Gasteiger partial charge < -0.3 is 4.90 Å². The van der Waals surface area contributed by atoms with Crippen molar-refractivity contribution in [2.75, 3.05) is 4.90 Å². The number of rotatable bonds is 6. The highest BCUT2D eigenvalue weighted by Crippen LogP contribution is 2.40. The van der Waals surface area contributed by atoms with Crippen molar-refractivity contribution in [3.8, 4) is 33.5 Å². The smallest absolute Gasteiger partial charge is 0.0716 e. The first-order valence-electron chi connectivity index (χ1n) is 20.4. The SMILES string of the molecule is c1ccc2c(c1)ccc1cc(-c3ccc(N(c4ccc(-c5ccc6c(ccc7ccccc76)c5)cc4)c4ccc(-c5cc6sc7ccccc7c6cn5)cc4)cc3)ccc12. The van der Waals surface area contributed by atoms with Crippen LogP contribution in [0.15, 0.2) is 219 Å². The number of pyridine rings is 1. The average molecular weight is 781 g/mol. The molecule has 0 atom stereocenters. The molecule has 0 aliphatic rings. The highest BCUT2D eigenvalue weighted by atomic mass is 32.1. The molecule has 0 aliphatic carbocycles. The molecule has 0 bridgehead atoms. The third kappa shape index (κ3) is 5.90. The number of nitrogens with zero attached hydrogens (tertiary/aromatic N) is 2. The maximum absolute atomic E-state index is 4.93. The Balaban J connectivity index is 0.908. The van der Waals surface area contributed by atoms with E-state index in [1.54, 1.807) is 0 Å². The number of thiophene rings is 1. The Morgan fingerprint density at radius 2 is 0.733 bits per heavy atom. The molecule has 0 saturated carbocycles. The zero-order valence-corrected chi connectivity index (χ0v) is 33.4. The van der Waals surface area contributed by atoms with Gasteiger partial charge in [0.05, 0.1) is 5.69 Å². The van der Waals surface area contributed by atoms with Crippen LogP contribution in [-0.4, -0.2) is 4.98 Å². The first kappa shape index (κ1) is 34.5. The lowest BCUT2D eigenvalue weighted by molar-refractivity contribution is 1.28. The molecule has 280 valence electrons. The first-order chi connectivity index (χ1) is 29.7. The van der Waals surface area contributed by atoms with E-state index in [4.69, 9.17) is 4.98 Å². The topological polar surface area (TPSA) is 16.1 Å². The van der Waals surface area contributed by atoms with Gasteiger partial charge in [-0.3, -0.25) is 4.98 Å². The van der Waals surface area contributed by atoms with Crippen LogP contribution in [0, 0.1) is 0 Å². The van der Waals surface area contributed by atoms with Crippen molar-refractivity contribution in [2.45, 2.75) is 0 Å². The molecule has 0 fully saturated rings. The number of hydrogen-bond acceptors (Lipinski definition) is 3. The molecule has 0 aliphatic heterocycles. The summed E-state index contributed by atoms with van der Waals surface area (Å²) in [5.41, 5.74) is 10.1. The molecule has 2 aromatic heterocycles. The fraction of sp³-hybridized carbons (Fsp3) is 0. The summed E-state index contributed by atoms with van der Waals surface area (Å²) >= 11 is 1.83. The minimum Gasteiger partial charge on any atom is -0.311 e. The van der Waals surface area contributed by atoms with Crippen molar-refractivity contribution in [3.05, 3.63) is 219 Å². The lowest BCUT2D eigenvalue weighted by Gasteiger charge is -2.26. The molecule has 12 rings (SSSR count). The van der Waals surface area contributed by atoms with Crippen LogP contribution in [0.2, 0.25) is 0 Å². The molecule has 0 amide bonds. The van der Waals surface area contributed by atoms with E-state index < -0.39 is 0 Å². The fourth-order valence-electron chi connectivity index (χ4n) is 9.00. The van der Waals surface area contributed by atoms with Crippen LogP contribution in [0.25, 0.3) is 96.8 Å². The Labute approximate surface area is 351 Å². The normalized spacial score (nSPS) is 11.7. The monoisotopic (exact) mass is 780 g/mol. The predicted octanol–water partition coefficient (Wildman–Crippen LogP) is 16.5. The van der Waals surface area contributed by atoms with Gasteiger partial charge in [0, 0.05) is 49.0 Å². The first-order valence-corrected chi connectivity index (χ1v) is 21.2. The van der Waals surface area contributed by atoms with E-state index in [0.29, 0.717) is 0 Å². The van der Waals surface area contributed by atoms with Gasteiger partial charge in [-0.2, -0.15) is 0 Å². The largest absolute Gasteiger partial charge is 0.311 e. The standard InChI is InChI=1S/C57H36N2S/c1-3-9-49-39(7-1)13-15-44-33-42(23-31-51(44)49)37-17-25-46(26-18-37)59(48-29-21-41(22-30-48)55-35-57-54(36-58-55)53-11-5-6-12-56(53)60-57)47-27-19-38(20-28-47)43-24-32-52-45(34-43)16-14-40-8-2-4-10-50(40)52/h1-36H. The van der Waals surface area contributed by atoms with Gasteiger partial charge in [-0.15, -0.1) is 11.3 Å². The Hall–Kier alpha value is -7.59. The van der Waals surface area contributed by atoms with Crippen molar-refractivity contribution in [2.24, 2.45) is 0 Å². The number of anilines is 3. The molecule has 60 heavy (non-hydrogen) atoms. The summed E-state index contributed by atoms with van der Waals surface area (Å²) in [6.07, 6.45) is 2.03. The quantitative estimate of drug-likeness (QED) is 0.156. The van der Waals surface area contributed by atoms with Crippen LogP contribution in [0.1, 0.15) is 0 Å². The highest BCUT2D eigenvalue weighted by Gasteiger charge is 2.15. The highest BCUT2D eigenvalue weighted by molar-refractivity contribution is 7.25. The number of aromatic nitrogens is 1. The molecular formula is C57H36N2S. The van der Waals surface area contributed by atoms with Gasteiger partial charge in [-0.25, -0.2) is 0 Å². The third-order valence-corrected chi connectivity index (χ3v) is 13.2. The average Bonchev–Trinajstić information content (AvgIpc) is 3.70. The third-order valence-electron chi connectivity index (χ3n) is 12.1. The predicted molar refractivity (Wildman–Crippen MR) is 258 cm³/mol. The van der Waals surface area contributed by atoms with Crippen LogP contribution in [0.3, 0.4) is 0 Å². The van der Waals surface area contributed by atoms with Crippen molar-refractivity contribution in [1.29, 1.82) is 0 Å². The summed E-state index contributed by atoms with van der Waals surface area (Å²) in [7, 11) is 0. The molecular weight excluding hydrogens is 745 g/mol. The molecule has 0 unspecified atom stereocenters. The van der Waals surface area contributed by atoms with Gasteiger partial charge in [0.15, 0.2) is 0 Å². The van der Waals surface area contributed by atoms with Crippen LogP contribution in [-0.2, 0) is 0 Å². The van der Waals surface area contributed by atoms with Gasteiger partial charge in [0.2, 0.25) is 0 Å². The van der Waals surface area contributed by atoms with E-state index in [1.807, 2.05) is 17.5 Å². The second-order valence-electron chi connectivity index (χ2n) is 15.6. The van der Waals surface area contributed by atoms with Gasteiger partial charge >= 0.3 is 0 Å². The van der Waals surface area contributed by atoms with Crippen molar-refractivity contribution < 1.29 is 0 Å². The van der Waals surface area contributed by atoms with Crippen molar-refractivity contribution in [3.63, 3.8) is 0 Å². The van der Waals surface area contributed by atoms with E-state index in [9.17, 15) is 0 Å². The zero-order valence-electron chi connectivity index (χ0n) is 32.6. The van der Waals surface area contributed by atoms with E-state index in [-0.39, 0.29) is 0 Å². The Bertz CT molecular complexity index is 3420. The second kappa shape index (κ2) is 14.1. The lowest BCUT2D eigenvalue weighted by Crippen LogP contribution is -2.09. The molecule has 2 heterocycles. The van der Waals surface area contributed by atoms with Crippen molar-refractivity contribution >= 4 is 91.7 Å². The lowest BCUT2D eigenvalue weighted by atomic mass is 9.97. The minimum atomic E-state index is 0.979. The number of fused-ring (bicyclic) bond motifs is 9. The molecule has 0 N–H and O–H groups in total. The van der Waals surface area contributed by atoms with E-state index in [0.717, 1.165) is 28.3 Å². The molecule has 12 aromatic rings. The van der Waals surface area contributed by atoms with Gasteiger partial charge in [0.25, 0.3) is 0 Å². The fourth-order valence-corrected chi connectivity index (χ4v) is 10.1. The van der Waals surface area contributed by atoms with Crippen LogP contribution < -0.4 is 4.90 Å². The molecule has 0 spiro atoms. The Morgan fingerprint density at radius 1 is 0.300 bits per heavy atom. The molecule has 0 saturated heterocycles. The molecule has 2 nitrogen and oxygen atoms in total. The van der Waals surface area contributed by atoms with E-state index >= 15 is 0 Å². The summed E-state index contributed by atoms with van der Waals surface area (Å²) in [5, 5.41) is 12.6. The van der Waals surface area contributed by atoms with E-state index in [1.165, 1.54) is 85.5 Å². The van der Waals surface area contributed by atoms with Crippen LogP contribution in [0.5, 0.6) is 0 Å². The number of hydrogen-bond donors (Lipinski definition) is 0. The van der Waals surface area contributed by atoms with Crippen LogP contribution in [0.4, 0.5) is 17.1 Å². The van der Waals surface area contributed by atoms with Gasteiger partial charge in [0.1, 0.15) is 0 Å². The number of benzene rings is 10. The van der Waals surface area contributed by atoms with Gasteiger partial charge in [-0.05, 0) is 126 Å². The van der Waals surface area contributed by atoms with Crippen LogP contribution >= 0.6 is 11.3 Å². The summed E-state index contributed by atoms with van der Waals surface area (Å²) in [5.74, 6) is 0. The minimum absolute atomic E-state index is 0.979. The van der Waals surface area contributed by atoms with E-state index in [2.05, 4.69) is 217 Å². The van der Waals surface area contributed by atoms with Gasteiger partial charge in [-0.1, -0.05) is 152 Å². The summed E-state index contributed by atoms with van der Waals surface area (Å²) < 4.78 is 2.55. The maximum Gasteiger partial charge on any atom is 0.0716 e. The molecule has 0 radical (unpaired) electrons.